The lowest BCUT2D eigenvalue weighted by Gasteiger charge is -2.24. The number of carboxylic acids is 1. The van der Waals surface area contributed by atoms with Crippen molar-refractivity contribution in [3.8, 4) is 0 Å². The number of rotatable bonds is 8. The van der Waals surface area contributed by atoms with Crippen LogP contribution >= 0.6 is 0 Å². The Kier molecular flexibility index (Phi) is 6.17. The third-order valence-electron chi connectivity index (χ3n) is 2.99. The smallest absolute Gasteiger partial charge is 0.335 e. The van der Waals surface area contributed by atoms with Crippen LogP contribution in [0.2, 0.25) is 0 Å². The first-order valence-electron chi connectivity index (χ1n) is 6.72. The first-order chi connectivity index (χ1) is 9.77. The van der Waals surface area contributed by atoms with Crippen molar-refractivity contribution in [3.05, 3.63) is 29.8 Å². The zero-order valence-corrected chi connectivity index (χ0v) is 13.0. The third kappa shape index (κ3) is 5.02. The average Bonchev–Trinajstić information content (AvgIpc) is 2.42. The minimum Gasteiger partial charge on any atom is -0.478 e. The van der Waals surface area contributed by atoms with E-state index in [-0.39, 0.29) is 30.4 Å². The van der Waals surface area contributed by atoms with Crippen LogP contribution in [0, 0.1) is 5.92 Å². The first kappa shape index (κ1) is 17.5. The molecule has 0 amide bonds. The standard InChI is InChI=1S/C14H21NO5S/c1-11(2)7-10-21(19,20)15(8-9-16)13-5-3-12(4-6-13)14(17)18/h3-6,11,16H,7-10H2,1-2H3,(H,17,18). The fraction of sp³-hybridized carbons (Fsp3) is 0.500. The topological polar surface area (TPSA) is 94.9 Å². The molecule has 0 aliphatic rings. The zero-order valence-electron chi connectivity index (χ0n) is 12.2. The Morgan fingerprint density at radius 1 is 1.24 bits per heavy atom. The molecule has 1 aromatic rings. The van der Waals surface area contributed by atoms with E-state index < -0.39 is 16.0 Å². The van der Waals surface area contributed by atoms with Gasteiger partial charge in [-0.25, -0.2) is 13.2 Å². The van der Waals surface area contributed by atoms with E-state index in [1.54, 1.807) is 0 Å². The molecule has 1 rings (SSSR count). The molecule has 0 saturated carbocycles. The van der Waals surface area contributed by atoms with E-state index >= 15 is 0 Å². The predicted molar refractivity (Wildman–Crippen MR) is 81.1 cm³/mol. The maximum atomic E-state index is 12.3. The Morgan fingerprint density at radius 2 is 1.81 bits per heavy atom. The second-order valence-corrected chi connectivity index (χ2v) is 7.16. The Balaban J connectivity index is 3.02. The number of aliphatic hydroxyl groups is 1. The minimum absolute atomic E-state index is 0.00858. The number of sulfonamides is 1. The molecule has 0 aliphatic carbocycles. The lowest BCUT2D eigenvalue weighted by atomic mass is 10.2. The highest BCUT2D eigenvalue weighted by atomic mass is 32.2. The molecule has 0 fully saturated rings. The van der Waals surface area contributed by atoms with Crippen molar-refractivity contribution in [3.63, 3.8) is 0 Å². The quantitative estimate of drug-likeness (QED) is 0.759. The van der Waals surface area contributed by atoms with Gasteiger partial charge in [0, 0.05) is 0 Å². The number of aliphatic hydroxyl groups excluding tert-OH is 1. The summed E-state index contributed by atoms with van der Waals surface area (Å²) in [5.41, 5.74) is 0.445. The molecule has 0 bridgehead atoms. The zero-order chi connectivity index (χ0) is 16.0. The van der Waals surface area contributed by atoms with Crippen LogP contribution in [0.25, 0.3) is 0 Å². The van der Waals surface area contributed by atoms with E-state index in [1.165, 1.54) is 24.3 Å². The predicted octanol–water partition coefficient (Wildman–Crippen LogP) is 1.56. The van der Waals surface area contributed by atoms with E-state index in [0.717, 1.165) is 4.31 Å². The van der Waals surface area contributed by atoms with Crippen LogP contribution in [-0.4, -0.2) is 43.5 Å². The van der Waals surface area contributed by atoms with E-state index in [9.17, 15) is 13.2 Å². The lowest BCUT2D eigenvalue weighted by Crippen LogP contribution is -2.35. The van der Waals surface area contributed by atoms with Crippen LogP contribution < -0.4 is 4.31 Å². The molecule has 6 nitrogen and oxygen atoms in total. The summed E-state index contributed by atoms with van der Waals surface area (Å²) in [5.74, 6) is -0.825. The molecule has 0 radical (unpaired) electrons. The molecule has 0 heterocycles. The van der Waals surface area contributed by atoms with E-state index in [4.69, 9.17) is 10.2 Å². The summed E-state index contributed by atoms with van der Waals surface area (Å²) in [6.45, 7) is 3.52. The number of hydrogen-bond acceptors (Lipinski definition) is 4. The second-order valence-electron chi connectivity index (χ2n) is 5.15. The molecule has 0 aromatic heterocycles. The molecule has 0 aliphatic heterocycles. The number of aromatic carboxylic acids is 1. The number of hydrogen-bond donors (Lipinski definition) is 2. The van der Waals surface area contributed by atoms with Crippen molar-refractivity contribution < 1.29 is 23.4 Å². The molecule has 2 N–H and O–H groups in total. The highest BCUT2D eigenvalue weighted by molar-refractivity contribution is 7.92. The average molecular weight is 315 g/mol. The van der Waals surface area contributed by atoms with Crippen molar-refractivity contribution in [1.29, 1.82) is 0 Å². The van der Waals surface area contributed by atoms with Crippen LogP contribution in [0.4, 0.5) is 5.69 Å². The van der Waals surface area contributed by atoms with Crippen molar-refractivity contribution in [1.82, 2.24) is 0 Å². The van der Waals surface area contributed by atoms with Gasteiger partial charge in [0.1, 0.15) is 0 Å². The highest BCUT2D eigenvalue weighted by Gasteiger charge is 2.22. The SMILES string of the molecule is CC(C)CCS(=O)(=O)N(CCO)c1ccc(C(=O)O)cc1. The highest BCUT2D eigenvalue weighted by Crippen LogP contribution is 2.20. The van der Waals surface area contributed by atoms with E-state index in [0.29, 0.717) is 12.1 Å². The molecule has 0 saturated heterocycles. The van der Waals surface area contributed by atoms with Gasteiger partial charge in [0.2, 0.25) is 10.0 Å². The first-order valence-corrected chi connectivity index (χ1v) is 8.33. The number of anilines is 1. The van der Waals surface area contributed by atoms with Gasteiger partial charge in [0.05, 0.1) is 30.2 Å². The van der Waals surface area contributed by atoms with Gasteiger partial charge in [-0.15, -0.1) is 0 Å². The minimum atomic E-state index is -3.54. The molecular formula is C14H21NO5S. The van der Waals surface area contributed by atoms with E-state index in [2.05, 4.69) is 0 Å². The van der Waals surface area contributed by atoms with Gasteiger partial charge in [-0.1, -0.05) is 13.8 Å². The summed E-state index contributed by atoms with van der Waals surface area (Å²) < 4.78 is 25.8. The fourth-order valence-corrected chi connectivity index (χ4v) is 3.58. The molecular weight excluding hydrogens is 294 g/mol. The number of benzene rings is 1. The van der Waals surface area contributed by atoms with Crippen LogP contribution in [-0.2, 0) is 10.0 Å². The molecule has 118 valence electrons. The fourth-order valence-electron chi connectivity index (χ4n) is 1.78. The largest absolute Gasteiger partial charge is 0.478 e. The Hall–Kier alpha value is -1.60. The molecule has 7 heteroatoms. The molecule has 0 atom stereocenters. The molecule has 0 spiro atoms. The lowest BCUT2D eigenvalue weighted by molar-refractivity contribution is 0.0697. The molecule has 0 unspecified atom stereocenters. The molecule has 21 heavy (non-hydrogen) atoms. The number of carbonyl (C=O) groups is 1. The number of nitrogens with zero attached hydrogens (tertiary/aromatic N) is 1. The van der Waals surface area contributed by atoms with Crippen LogP contribution in [0.1, 0.15) is 30.6 Å². The maximum Gasteiger partial charge on any atom is 0.335 e. The van der Waals surface area contributed by atoms with Crippen molar-refractivity contribution in [2.75, 3.05) is 23.2 Å². The Bertz CT molecular complexity index is 566. The Labute approximate surface area is 125 Å². The summed E-state index contributed by atoms with van der Waals surface area (Å²) >= 11 is 0. The van der Waals surface area contributed by atoms with Crippen molar-refractivity contribution in [2.45, 2.75) is 20.3 Å². The Morgan fingerprint density at radius 3 is 2.24 bits per heavy atom. The summed E-state index contributed by atoms with van der Waals surface area (Å²) in [5, 5.41) is 17.9. The van der Waals surface area contributed by atoms with Crippen molar-refractivity contribution >= 4 is 21.7 Å². The van der Waals surface area contributed by atoms with Crippen LogP contribution in [0.3, 0.4) is 0 Å². The normalized spacial score (nSPS) is 11.6. The van der Waals surface area contributed by atoms with Crippen molar-refractivity contribution in [2.24, 2.45) is 5.92 Å². The van der Waals surface area contributed by atoms with Gasteiger partial charge < -0.3 is 10.2 Å². The second kappa shape index (κ2) is 7.42. The monoisotopic (exact) mass is 315 g/mol. The molecule has 1 aromatic carbocycles. The van der Waals surface area contributed by atoms with E-state index in [1.807, 2.05) is 13.8 Å². The number of carboxylic acid groups (broad SMARTS) is 1. The van der Waals surface area contributed by atoms with Gasteiger partial charge >= 0.3 is 5.97 Å². The van der Waals surface area contributed by atoms with Crippen LogP contribution in [0.15, 0.2) is 24.3 Å². The third-order valence-corrected chi connectivity index (χ3v) is 4.81. The summed E-state index contributed by atoms with van der Waals surface area (Å²) in [6, 6.07) is 5.57. The van der Waals surface area contributed by atoms with Crippen LogP contribution in [0.5, 0.6) is 0 Å². The van der Waals surface area contributed by atoms with Gasteiger partial charge in [-0.3, -0.25) is 4.31 Å². The summed E-state index contributed by atoms with van der Waals surface area (Å²) in [6.07, 6.45) is 0.525. The van der Waals surface area contributed by atoms with Gasteiger partial charge in [-0.2, -0.15) is 0 Å². The van der Waals surface area contributed by atoms with Gasteiger partial charge in [-0.05, 0) is 36.6 Å². The summed E-state index contributed by atoms with van der Waals surface area (Å²) in [7, 11) is -3.54. The maximum absolute atomic E-state index is 12.3. The summed E-state index contributed by atoms with van der Waals surface area (Å²) in [4.78, 5) is 10.8. The van der Waals surface area contributed by atoms with Gasteiger partial charge in [0.15, 0.2) is 0 Å². The van der Waals surface area contributed by atoms with Gasteiger partial charge in [0.25, 0.3) is 0 Å².